The standard InChI is InChI=1S/C20H24N2O5/c1-12(2)27-18-10-9-15(11-19(18)26-5)14(4)21-20(23)16-7-6-8-17(13(16)3)22(24)25/h6-12,14H,1-5H3,(H,21,23). The molecular weight excluding hydrogens is 348 g/mol. The highest BCUT2D eigenvalue weighted by Crippen LogP contribution is 2.31. The molecule has 144 valence electrons. The molecule has 0 radical (unpaired) electrons. The van der Waals surface area contributed by atoms with Gasteiger partial charge in [-0.1, -0.05) is 12.1 Å². The maximum Gasteiger partial charge on any atom is 0.273 e. The van der Waals surface area contributed by atoms with Crippen LogP contribution in [0.2, 0.25) is 0 Å². The van der Waals surface area contributed by atoms with Crippen molar-refractivity contribution in [3.8, 4) is 11.5 Å². The Kier molecular flexibility index (Phi) is 6.39. The van der Waals surface area contributed by atoms with E-state index in [1.807, 2.05) is 32.9 Å². The van der Waals surface area contributed by atoms with E-state index >= 15 is 0 Å². The van der Waals surface area contributed by atoms with E-state index in [1.165, 1.54) is 12.1 Å². The Morgan fingerprint density at radius 1 is 1.15 bits per heavy atom. The number of hydrogen-bond acceptors (Lipinski definition) is 5. The first-order valence-electron chi connectivity index (χ1n) is 8.64. The van der Waals surface area contributed by atoms with Gasteiger partial charge < -0.3 is 14.8 Å². The topological polar surface area (TPSA) is 90.7 Å². The van der Waals surface area contributed by atoms with Crippen molar-refractivity contribution < 1.29 is 19.2 Å². The number of hydrogen-bond donors (Lipinski definition) is 1. The van der Waals surface area contributed by atoms with Crippen molar-refractivity contribution in [1.29, 1.82) is 0 Å². The maximum atomic E-state index is 12.6. The lowest BCUT2D eigenvalue weighted by Gasteiger charge is -2.18. The number of nitro benzene ring substituents is 1. The van der Waals surface area contributed by atoms with Gasteiger partial charge in [0, 0.05) is 17.2 Å². The zero-order valence-electron chi connectivity index (χ0n) is 16.1. The number of carbonyl (C=O) groups is 1. The zero-order valence-corrected chi connectivity index (χ0v) is 16.1. The lowest BCUT2D eigenvalue weighted by atomic mass is 10.0. The molecule has 0 aliphatic rings. The Hall–Kier alpha value is -3.09. The van der Waals surface area contributed by atoms with E-state index in [0.29, 0.717) is 17.1 Å². The maximum absolute atomic E-state index is 12.6. The first kappa shape index (κ1) is 20.2. The number of rotatable bonds is 7. The number of nitro groups is 1. The molecule has 0 fully saturated rings. The molecule has 7 heteroatoms. The van der Waals surface area contributed by atoms with Crippen molar-refractivity contribution in [3.05, 3.63) is 63.2 Å². The highest BCUT2D eigenvalue weighted by Gasteiger charge is 2.20. The van der Waals surface area contributed by atoms with Crippen LogP contribution in [-0.2, 0) is 0 Å². The molecule has 1 N–H and O–H groups in total. The number of nitrogens with one attached hydrogen (secondary N) is 1. The van der Waals surface area contributed by atoms with Gasteiger partial charge in [-0.3, -0.25) is 14.9 Å². The molecule has 2 rings (SSSR count). The van der Waals surface area contributed by atoms with Gasteiger partial charge in [0.1, 0.15) is 0 Å². The third-order valence-corrected chi connectivity index (χ3v) is 4.14. The molecule has 7 nitrogen and oxygen atoms in total. The second kappa shape index (κ2) is 8.53. The summed E-state index contributed by atoms with van der Waals surface area (Å²) in [5.41, 5.74) is 1.37. The summed E-state index contributed by atoms with van der Waals surface area (Å²) in [5, 5.41) is 13.9. The quantitative estimate of drug-likeness (QED) is 0.581. The van der Waals surface area contributed by atoms with Crippen molar-refractivity contribution in [2.75, 3.05) is 7.11 Å². The number of nitrogens with zero attached hydrogens (tertiary/aromatic N) is 1. The summed E-state index contributed by atoms with van der Waals surface area (Å²) in [6, 6.07) is 9.60. The monoisotopic (exact) mass is 372 g/mol. The van der Waals surface area contributed by atoms with Gasteiger partial charge in [-0.15, -0.1) is 0 Å². The van der Waals surface area contributed by atoms with Crippen LogP contribution in [0.5, 0.6) is 11.5 Å². The molecular formula is C20H24N2O5. The Morgan fingerprint density at radius 3 is 2.44 bits per heavy atom. The molecule has 2 aromatic carbocycles. The molecule has 1 amide bonds. The number of methoxy groups -OCH3 is 1. The summed E-state index contributed by atoms with van der Waals surface area (Å²) in [6.45, 7) is 7.26. The van der Waals surface area contributed by atoms with Crippen LogP contribution in [0, 0.1) is 17.0 Å². The van der Waals surface area contributed by atoms with E-state index in [4.69, 9.17) is 9.47 Å². The largest absolute Gasteiger partial charge is 0.493 e. The first-order valence-corrected chi connectivity index (χ1v) is 8.64. The minimum atomic E-state index is -0.492. The van der Waals surface area contributed by atoms with Crippen molar-refractivity contribution in [1.82, 2.24) is 5.32 Å². The number of ether oxygens (including phenoxy) is 2. The highest BCUT2D eigenvalue weighted by atomic mass is 16.6. The SMILES string of the molecule is COc1cc(C(C)NC(=O)c2cccc([N+](=O)[O-])c2C)ccc1OC(C)C. The minimum Gasteiger partial charge on any atom is -0.493 e. The van der Waals surface area contributed by atoms with E-state index in [-0.39, 0.29) is 29.3 Å². The van der Waals surface area contributed by atoms with Gasteiger partial charge in [0.25, 0.3) is 11.6 Å². The van der Waals surface area contributed by atoms with Crippen molar-refractivity contribution in [3.63, 3.8) is 0 Å². The Morgan fingerprint density at radius 2 is 1.85 bits per heavy atom. The fraction of sp³-hybridized carbons (Fsp3) is 0.350. The van der Waals surface area contributed by atoms with Crippen LogP contribution in [0.25, 0.3) is 0 Å². The fourth-order valence-electron chi connectivity index (χ4n) is 2.73. The Labute approximate surface area is 158 Å². The van der Waals surface area contributed by atoms with Gasteiger partial charge in [-0.2, -0.15) is 0 Å². The molecule has 0 bridgehead atoms. The molecule has 0 saturated heterocycles. The molecule has 0 aliphatic heterocycles. The van der Waals surface area contributed by atoms with Gasteiger partial charge in [-0.05, 0) is 51.5 Å². The van der Waals surface area contributed by atoms with Crippen LogP contribution < -0.4 is 14.8 Å². The second-order valence-electron chi connectivity index (χ2n) is 6.48. The summed E-state index contributed by atoms with van der Waals surface area (Å²) >= 11 is 0. The van der Waals surface area contributed by atoms with Gasteiger partial charge in [0.2, 0.25) is 0 Å². The molecule has 1 unspecified atom stereocenters. The van der Waals surface area contributed by atoms with E-state index in [0.717, 1.165) is 5.56 Å². The third kappa shape index (κ3) is 4.75. The number of amides is 1. The smallest absolute Gasteiger partial charge is 0.273 e. The highest BCUT2D eigenvalue weighted by molar-refractivity contribution is 5.96. The average molecular weight is 372 g/mol. The van der Waals surface area contributed by atoms with Crippen molar-refractivity contribution in [2.24, 2.45) is 0 Å². The van der Waals surface area contributed by atoms with E-state index in [9.17, 15) is 14.9 Å². The summed E-state index contributed by atoms with van der Waals surface area (Å²) in [6.07, 6.45) is 0.0127. The van der Waals surface area contributed by atoms with Gasteiger partial charge >= 0.3 is 0 Å². The normalized spacial score (nSPS) is 11.8. The summed E-state index contributed by atoms with van der Waals surface area (Å²) in [5.74, 6) is 0.836. The molecule has 0 saturated carbocycles. The molecule has 0 heterocycles. The summed E-state index contributed by atoms with van der Waals surface area (Å²) in [7, 11) is 1.56. The van der Waals surface area contributed by atoms with Crippen molar-refractivity contribution >= 4 is 11.6 Å². The molecule has 0 spiro atoms. The van der Waals surface area contributed by atoms with Crippen LogP contribution in [0.3, 0.4) is 0 Å². The molecule has 2 aromatic rings. The molecule has 1 atom stereocenters. The van der Waals surface area contributed by atoms with E-state index < -0.39 is 4.92 Å². The second-order valence-corrected chi connectivity index (χ2v) is 6.48. The summed E-state index contributed by atoms with van der Waals surface area (Å²) in [4.78, 5) is 23.2. The van der Waals surface area contributed by atoms with Gasteiger partial charge in [0.15, 0.2) is 11.5 Å². The predicted octanol–water partition coefficient (Wildman–Crippen LogP) is 4.19. The molecule has 0 aliphatic carbocycles. The van der Waals surface area contributed by atoms with Crippen LogP contribution in [0.1, 0.15) is 48.3 Å². The van der Waals surface area contributed by atoms with Crippen LogP contribution >= 0.6 is 0 Å². The van der Waals surface area contributed by atoms with Crippen LogP contribution in [-0.4, -0.2) is 24.0 Å². The van der Waals surface area contributed by atoms with Crippen molar-refractivity contribution in [2.45, 2.75) is 39.8 Å². The van der Waals surface area contributed by atoms with E-state index in [1.54, 1.807) is 26.2 Å². The van der Waals surface area contributed by atoms with Crippen LogP contribution in [0.4, 0.5) is 5.69 Å². The lowest BCUT2D eigenvalue weighted by molar-refractivity contribution is -0.385. The minimum absolute atomic E-state index is 0.0127. The molecule has 27 heavy (non-hydrogen) atoms. The lowest BCUT2D eigenvalue weighted by Crippen LogP contribution is -2.27. The number of carbonyl (C=O) groups excluding carboxylic acids is 1. The Bertz CT molecular complexity index is 848. The fourth-order valence-corrected chi connectivity index (χ4v) is 2.73. The first-order chi connectivity index (χ1) is 12.7. The van der Waals surface area contributed by atoms with Gasteiger partial charge in [-0.25, -0.2) is 0 Å². The Balaban J connectivity index is 2.22. The number of benzene rings is 2. The third-order valence-electron chi connectivity index (χ3n) is 4.14. The zero-order chi connectivity index (χ0) is 20.1. The van der Waals surface area contributed by atoms with Crippen LogP contribution in [0.15, 0.2) is 36.4 Å². The molecule has 0 aromatic heterocycles. The van der Waals surface area contributed by atoms with Gasteiger partial charge in [0.05, 0.1) is 24.2 Å². The summed E-state index contributed by atoms with van der Waals surface area (Å²) < 4.78 is 11.1. The predicted molar refractivity (Wildman–Crippen MR) is 102 cm³/mol. The van der Waals surface area contributed by atoms with E-state index in [2.05, 4.69) is 5.32 Å². The average Bonchev–Trinajstić information content (AvgIpc) is 2.61.